The van der Waals surface area contributed by atoms with E-state index in [4.69, 9.17) is 0 Å². The maximum atomic E-state index is 3.67. The van der Waals surface area contributed by atoms with E-state index in [1.807, 2.05) is 0 Å². The highest BCUT2D eigenvalue weighted by Gasteiger charge is 2.18. The first kappa shape index (κ1) is 18.0. The van der Waals surface area contributed by atoms with Gasteiger partial charge in [0.15, 0.2) is 0 Å². The van der Waals surface area contributed by atoms with Gasteiger partial charge in [0.1, 0.15) is 0 Å². The molecule has 0 aliphatic heterocycles. The quantitative estimate of drug-likeness (QED) is 0.461. The fourth-order valence-electron chi connectivity index (χ4n) is 2.60. The smallest absolute Gasteiger partial charge is 0.00950 e. The lowest BCUT2D eigenvalue weighted by molar-refractivity contribution is 0.282. The molecule has 0 fully saturated rings. The second-order valence-electron chi connectivity index (χ2n) is 6.18. The van der Waals surface area contributed by atoms with Crippen LogP contribution < -0.4 is 5.32 Å². The van der Waals surface area contributed by atoms with Crippen molar-refractivity contribution in [2.24, 2.45) is 11.8 Å². The minimum absolute atomic E-state index is 0.727. The summed E-state index contributed by atoms with van der Waals surface area (Å²) >= 11 is 0. The van der Waals surface area contributed by atoms with Crippen molar-refractivity contribution in [2.45, 2.75) is 92.0 Å². The summed E-state index contributed by atoms with van der Waals surface area (Å²) in [7, 11) is 0. The molecular weight excluding hydrogens is 218 g/mol. The van der Waals surface area contributed by atoms with Gasteiger partial charge >= 0.3 is 0 Å². The van der Waals surface area contributed by atoms with Crippen LogP contribution in [0.3, 0.4) is 0 Å². The molecule has 2 atom stereocenters. The van der Waals surface area contributed by atoms with Gasteiger partial charge in [-0.2, -0.15) is 0 Å². The summed E-state index contributed by atoms with van der Waals surface area (Å²) in [6.45, 7) is 12.7. The zero-order chi connectivity index (χ0) is 13.8. The zero-order valence-corrected chi connectivity index (χ0v) is 13.6. The zero-order valence-electron chi connectivity index (χ0n) is 13.6. The Bertz CT molecular complexity index is 165. The summed E-state index contributed by atoms with van der Waals surface area (Å²) in [6.07, 6.45) is 11.3. The Labute approximate surface area is 116 Å². The van der Waals surface area contributed by atoms with Gasteiger partial charge in [0.2, 0.25) is 0 Å². The van der Waals surface area contributed by atoms with Crippen LogP contribution in [0.2, 0.25) is 0 Å². The Hall–Kier alpha value is -0.0400. The number of unbranched alkanes of at least 4 members (excludes halogenated alkanes) is 6. The third kappa shape index (κ3) is 8.97. The molecule has 0 bridgehead atoms. The largest absolute Gasteiger partial charge is 0.314 e. The molecular formula is C17H37N. The highest BCUT2D eigenvalue weighted by molar-refractivity contribution is 4.75. The van der Waals surface area contributed by atoms with Crippen molar-refractivity contribution < 1.29 is 0 Å². The average Bonchev–Trinajstić information content (AvgIpc) is 2.35. The molecule has 0 aromatic carbocycles. The van der Waals surface area contributed by atoms with Crippen LogP contribution in [0.4, 0.5) is 0 Å². The Morgan fingerprint density at radius 2 is 1.33 bits per heavy atom. The van der Waals surface area contributed by atoms with Crippen molar-refractivity contribution in [1.29, 1.82) is 0 Å². The minimum Gasteiger partial charge on any atom is -0.314 e. The molecule has 0 saturated heterocycles. The molecule has 0 aliphatic rings. The summed E-state index contributed by atoms with van der Waals surface area (Å²) in [4.78, 5) is 0. The number of nitrogens with one attached hydrogen (secondary N) is 1. The predicted molar refractivity (Wildman–Crippen MR) is 84.1 cm³/mol. The summed E-state index contributed by atoms with van der Waals surface area (Å²) in [5.74, 6) is 1.59. The first-order chi connectivity index (χ1) is 8.63. The van der Waals surface area contributed by atoms with Crippen LogP contribution >= 0.6 is 0 Å². The van der Waals surface area contributed by atoms with Crippen LogP contribution in [0.15, 0.2) is 0 Å². The molecule has 0 radical (unpaired) electrons. The van der Waals surface area contributed by atoms with Gasteiger partial charge in [0, 0.05) is 6.04 Å². The van der Waals surface area contributed by atoms with Gasteiger partial charge in [0.25, 0.3) is 0 Å². The molecule has 0 rings (SSSR count). The molecule has 18 heavy (non-hydrogen) atoms. The van der Waals surface area contributed by atoms with E-state index in [-0.39, 0.29) is 0 Å². The SMILES string of the molecule is CCCCCCCCCC(NCC)C(C)C(C)C. The topological polar surface area (TPSA) is 12.0 Å². The summed E-state index contributed by atoms with van der Waals surface area (Å²) in [5.41, 5.74) is 0. The maximum Gasteiger partial charge on any atom is 0.00950 e. The third-order valence-corrected chi connectivity index (χ3v) is 4.27. The molecule has 1 heteroatoms. The molecule has 110 valence electrons. The van der Waals surface area contributed by atoms with Gasteiger partial charge in [-0.15, -0.1) is 0 Å². The van der Waals surface area contributed by atoms with Crippen molar-refractivity contribution in [1.82, 2.24) is 5.32 Å². The van der Waals surface area contributed by atoms with Gasteiger partial charge in [-0.3, -0.25) is 0 Å². The van der Waals surface area contributed by atoms with Crippen LogP contribution in [0, 0.1) is 11.8 Å². The Morgan fingerprint density at radius 3 is 1.83 bits per heavy atom. The van der Waals surface area contributed by atoms with Crippen LogP contribution in [-0.4, -0.2) is 12.6 Å². The second kappa shape index (κ2) is 12.0. The van der Waals surface area contributed by atoms with Crippen molar-refractivity contribution in [3.63, 3.8) is 0 Å². The standard InChI is InChI=1S/C17H37N/c1-6-8-9-10-11-12-13-14-17(18-7-2)16(5)15(3)4/h15-18H,6-14H2,1-5H3. The molecule has 0 aromatic rings. The number of hydrogen-bond acceptors (Lipinski definition) is 1. The van der Waals surface area contributed by atoms with Gasteiger partial charge in [-0.25, -0.2) is 0 Å². The van der Waals surface area contributed by atoms with E-state index in [1.165, 1.54) is 51.4 Å². The maximum absolute atomic E-state index is 3.67. The average molecular weight is 255 g/mol. The normalized spacial score (nSPS) is 15.0. The molecule has 0 saturated carbocycles. The number of rotatable bonds is 12. The van der Waals surface area contributed by atoms with Gasteiger partial charge in [0.05, 0.1) is 0 Å². The molecule has 0 amide bonds. The van der Waals surface area contributed by atoms with E-state index in [2.05, 4.69) is 39.9 Å². The van der Waals surface area contributed by atoms with E-state index in [1.54, 1.807) is 0 Å². The molecule has 1 N–H and O–H groups in total. The predicted octanol–water partition coefficient (Wildman–Crippen LogP) is 5.40. The summed E-state index contributed by atoms with van der Waals surface area (Å²) < 4.78 is 0. The highest BCUT2D eigenvalue weighted by atomic mass is 14.9. The van der Waals surface area contributed by atoms with E-state index in [0.29, 0.717) is 0 Å². The van der Waals surface area contributed by atoms with E-state index in [0.717, 1.165) is 24.4 Å². The lowest BCUT2D eigenvalue weighted by Gasteiger charge is -2.27. The van der Waals surface area contributed by atoms with Crippen LogP contribution in [0.1, 0.15) is 86.0 Å². The Balaban J connectivity index is 3.64. The van der Waals surface area contributed by atoms with Gasteiger partial charge in [-0.05, 0) is 24.8 Å². The Kier molecular flexibility index (Phi) is 12.0. The van der Waals surface area contributed by atoms with Crippen molar-refractivity contribution in [2.75, 3.05) is 6.54 Å². The number of hydrogen-bond donors (Lipinski definition) is 1. The first-order valence-electron chi connectivity index (χ1n) is 8.36. The lowest BCUT2D eigenvalue weighted by Crippen LogP contribution is -2.37. The molecule has 0 spiro atoms. The fraction of sp³-hybridized carbons (Fsp3) is 1.00. The second-order valence-corrected chi connectivity index (χ2v) is 6.18. The lowest BCUT2D eigenvalue weighted by atomic mass is 9.87. The summed E-state index contributed by atoms with van der Waals surface area (Å²) in [6, 6.07) is 0.727. The minimum atomic E-state index is 0.727. The highest BCUT2D eigenvalue weighted by Crippen LogP contribution is 2.19. The van der Waals surface area contributed by atoms with Crippen molar-refractivity contribution in [3.8, 4) is 0 Å². The van der Waals surface area contributed by atoms with E-state index < -0.39 is 0 Å². The van der Waals surface area contributed by atoms with Crippen LogP contribution in [0.25, 0.3) is 0 Å². The van der Waals surface area contributed by atoms with Crippen LogP contribution in [-0.2, 0) is 0 Å². The molecule has 0 aliphatic carbocycles. The molecule has 0 aromatic heterocycles. The molecule has 1 nitrogen and oxygen atoms in total. The summed E-state index contributed by atoms with van der Waals surface area (Å²) in [5, 5.41) is 3.67. The van der Waals surface area contributed by atoms with Gasteiger partial charge in [-0.1, -0.05) is 79.6 Å². The Morgan fingerprint density at radius 1 is 0.778 bits per heavy atom. The fourth-order valence-corrected chi connectivity index (χ4v) is 2.60. The van der Waals surface area contributed by atoms with E-state index >= 15 is 0 Å². The van der Waals surface area contributed by atoms with Crippen molar-refractivity contribution in [3.05, 3.63) is 0 Å². The van der Waals surface area contributed by atoms with Gasteiger partial charge < -0.3 is 5.32 Å². The molecule has 0 heterocycles. The van der Waals surface area contributed by atoms with Crippen LogP contribution in [0.5, 0.6) is 0 Å². The monoisotopic (exact) mass is 255 g/mol. The van der Waals surface area contributed by atoms with Crippen molar-refractivity contribution >= 4 is 0 Å². The molecule has 2 unspecified atom stereocenters. The third-order valence-electron chi connectivity index (χ3n) is 4.27. The first-order valence-corrected chi connectivity index (χ1v) is 8.36. The van der Waals surface area contributed by atoms with E-state index in [9.17, 15) is 0 Å².